The Kier molecular flexibility index (Phi) is 5.78. The molecule has 1 fully saturated rings. The Bertz CT molecular complexity index is 1100. The second-order valence-electron chi connectivity index (χ2n) is 6.32. The van der Waals surface area contributed by atoms with Crippen molar-refractivity contribution in [3.05, 3.63) is 54.1 Å². The molecule has 1 aliphatic carbocycles. The number of sulfonamides is 1. The molecule has 0 unspecified atom stereocenters. The summed E-state index contributed by atoms with van der Waals surface area (Å²) in [5.74, 6) is 0.262. The molecule has 0 saturated heterocycles. The normalized spacial score (nSPS) is 14.9. The highest BCUT2D eigenvalue weighted by molar-refractivity contribution is 7.89. The molecule has 0 heterocycles. The number of nitrogens with one attached hydrogen (secondary N) is 1. The van der Waals surface area contributed by atoms with Gasteiger partial charge in [0.2, 0.25) is 10.0 Å². The first kappa shape index (κ1) is 20.4. The van der Waals surface area contributed by atoms with Gasteiger partial charge in [-0.15, -0.1) is 0 Å². The van der Waals surface area contributed by atoms with Crippen LogP contribution in [0.15, 0.2) is 58.3 Å². The molecule has 1 N–H and O–H groups in total. The summed E-state index contributed by atoms with van der Waals surface area (Å²) >= 11 is 0. The number of ether oxygens (including phenoxy) is 1. The van der Waals surface area contributed by atoms with Crippen LogP contribution in [0.5, 0.6) is 11.5 Å². The second-order valence-corrected chi connectivity index (χ2v) is 9.58. The molecule has 2 aromatic carbocycles. The molecule has 0 aromatic heterocycles. The predicted octanol–water partition coefficient (Wildman–Crippen LogP) is 2.94. The van der Waals surface area contributed by atoms with E-state index < -0.39 is 20.1 Å². The molecule has 150 valence electrons. The van der Waals surface area contributed by atoms with Crippen molar-refractivity contribution in [2.75, 3.05) is 7.11 Å². The van der Waals surface area contributed by atoms with E-state index in [-0.39, 0.29) is 27.3 Å². The maximum atomic E-state index is 12.7. The molecule has 0 amide bonds. The molecule has 0 bridgehead atoms. The van der Waals surface area contributed by atoms with Crippen LogP contribution in [0.2, 0.25) is 0 Å². The lowest BCUT2D eigenvalue weighted by atomic mass is 10.2. The molecular weight excluding hydrogens is 402 g/mol. The number of allylic oxidation sites excluding steroid dienone is 1. The largest absolute Gasteiger partial charge is 0.493 e. The third kappa shape index (κ3) is 4.73. The monoisotopic (exact) mass is 423 g/mol. The lowest BCUT2D eigenvalue weighted by molar-refractivity contribution is 0.390. The lowest BCUT2D eigenvalue weighted by Gasteiger charge is -2.12. The van der Waals surface area contributed by atoms with Crippen molar-refractivity contribution >= 4 is 26.2 Å². The van der Waals surface area contributed by atoms with Gasteiger partial charge in [-0.2, -0.15) is 8.42 Å². The van der Waals surface area contributed by atoms with Gasteiger partial charge in [-0.25, -0.2) is 13.1 Å². The highest BCUT2D eigenvalue weighted by atomic mass is 32.2. The molecule has 0 aliphatic heterocycles. The Morgan fingerprint density at radius 2 is 1.71 bits per heavy atom. The topological polar surface area (TPSA) is 98.8 Å². The molecule has 1 saturated carbocycles. The highest BCUT2D eigenvalue weighted by Crippen LogP contribution is 2.31. The summed E-state index contributed by atoms with van der Waals surface area (Å²) < 4.78 is 63.0. The van der Waals surface area contributed by atoms with Crippen LogP contribution in [0.3, 0.4) is 0 Å². The first-order valence-electron chi connectivity index (χ1n) is 8.63. The van der Waals surface area contributed by atoms with Crippen LogP contribution in [-0.2, 0) is 20.1 Å². The molecule has 1 aliphatic rings. The predicted molar refractivity (Wildman–Crippen MR) is 105 cm³/mol. The van der Waals surface area contributed by atoms with Crippen LogP contribution in [0.4, 0.5) is 0 Å². The van der Waals surface area contributed by atoms with Gasteiger partial charge in [0.25, 0.3) is 0 Å². The zero-order chi connectivity index (χ0) is 20.4. The molecule has 0 spiro atoms. The SMILES string of the molecule is C/C=C/c1ccc(OS(=O)(=O)c2cccc(S(=O)(=O)NC3CC3)c2)c(OC)c1. The van der Waals surface area contributed by atoms with Crippen molar-refractivity contribution in [2.45, 2.75) is 35.6 Å². The first-order valence-corrected chi connectivity index (χ1v) is 11.5. The van der Waals surface area contributed by atoms with Crippen molar-refractivity contribution in [1.82, 2.24) is 4.72 Å². The van der Waals surface area contributed by atoms with Gasteiger partial charge in [-0.05, 0) is 55.7 Å². The molecular formula is C19H21NO6S2. The van der Waals surface area contributed by atoms with Gasteiger partial charge in [0.1, 0.15) is 4.90 Å². The maximum absolute atomic E-state index is 12.7. The van der Waals surface area contributed by atoms with Crippen LogP contribution in [-0.4, -0.2) is 30.0 Å². The smallest absolute Gasteiger partial charge is 0.339 e. The zero-order valence-corrected chi connectivity index (χ0v) is 17.1. The summed E-state index contributed by atoms with van der Waals surface area (Å²) in [5.41, 5.74) is 0.823. The maximum Gasteiger partial charge on any atom is 0.339 e. The van der Waals surface area contributed by atoms with Crippen LogP contribution >= 0.6 is 0 Å². The third-order valence-electron chi connectivity index (χ3n) is 4.05. The van der Waals surface area contributed by atoms with E-state index in [0.717, 1.165) is 24.5 Å². The van der Waals surface area contributed by atoms with E-state index in [4.69, 9.17) is 8.92 Å². The molecule has 0 radical (unpaired) electrons. The standard InChI is InChI=1S/C19H21NO6S2/c1-3-5-14-8-11-18(19(12-14)25-2)26-28(23,24)17-7-4-6-16(13-17)27(21,22)20-15-9-10-15/h3-8,11-13,15,20H,9-10H2,1-2H3/b5-3+. The van der Waals surface area contributed by atoms with Crippen molar-refractivity contribution in [1.29, 1.82) is 0 Å². The van der Waals surface area contributed by atoms with Crippen molar-refractivity contribution in [2.24, 2.45) is 0 Å². The van der Waals surface area contributed by atoms with Gasteiger partial charge < -0.3 is 8.92 Å². The minimum atomic E-state index is -4.26. The van der Waals surface area contributed by atoms with E-state index in [1.165, 1.54) is 31.4 Å². The van der Waals surface area contributed by atoms with Crippen LogP contribution in [0.25, 0.3) is 6.08 Å². The number of hydrogen-bond donors (Lipinski definition) is 1. The van der Waals surface area contributed by atoms with Gasteiger partial charge in [0.05, 0.1) is 12.0 Å². The van der Waals surface area contributed by atoms with Gasteiger partial charge in [-0.3, -0.25) is 0 Å². The van der Waals surface area contributed by atoms with Gasteiger partial charge in [-0.1, -0.05) is 24.3 Å². The number of hydrogen-bond acceptors (Lipinski definition) is 6. The molecule has 0 atom stereocenters. The van der Waals surface area contributed by atoms with Crippen LogP contribution in [0, 0.1) is 0 Å². The van der Waals surface area contributed by atoms with Crippen molar-refractivity contribution in [3.8, 4) is 11.5 Å². The van der Waals surface area contributed by atoms with Crippen LogP contribution < -0.4 is 13.6 Å². The quantitative estimate of drug-likeness (QED) is 0.656. The van der Waals surface area contributed by atoms with Crippen molar-refractivity contribution in [3.63, 3.8) is 0 Å². The Morgan fingerprint density at radius 1 is 1.00 bits per heavy atom. The fraction of sp³-hybridized carbons (Fsp3) is 0.263. The Hall–Kier alpha value is -2.36. The van der Waals surface area contributed by atoms with Gasteiger partial charge in [0.15, 0.2) is 11.5 Å². The number of methoxy groups -OCH3 is 1. The fourth-order valence-corrected chi connectivity index (χ4v) is 4.91. The molecule has 9 heteroatoms. The minimum absolute atomic E-state index is 0.0140. The summed E-state index contributed by atoms with van der Waals surface area (Å²) in [5, 5.41) is 0. The number of benzene rings is 2. The summed E-state index contributed by atoms with van der Waals surface area (Å²) in [4.78, 5) is -0.384. The summed E-state index contributed by atoms with van der Waals surface area (Å²) in [6.45, 7) is 1.86. The van der Waals surface area contributed by atoms with E-state index >= 15 is 0 Å². The first-order chi connectivity index (χ1) is 13.2. The van der Waals surface area contributed by atoms with E-state index in [1.807, 2.05) is 19.1 Å². The van der Waals surface area contributed by atoms with E-state index in [1.54, 1.807) is 12.1 Å². The molecule has 2 aromatic rings. The minimum Gasteiger partial charge on any atom is -0.493 e. The average Bonchev–Trinajstić information content (AvgIpc) is 3.46. The Labute approximate surface area is 165 Å². The third-order valence-corrected chi connectivity index (χ3v) is 6.80. The fourth-order valence-electron chi connectivity index (χ4n) is 2.50. The molecule has 7 nitrogen and oxygen atoms in total. The van der Waals surface area contributed by atoms with E-state index in [0.29, 0.717) is 0 Å². The zero-order valence-electron chi connectivity index (χ0n) is 15.5. The summed E-state index contributed by atoms with van der Waals surface area (Å²) in [6.07, 6.45) is 5.24. The second kappa shape index (κ2) is 7.94. The highest BCUT2D eigenvalue weighted by Gasteiger charge is 2.29. The van der Waals surface area contributed by atoms with Gasteiger partial charge in [0, 0.05) is 6.04 Å². The molecule has 28 heavy (non-hydrogen) atoms. The Balaban J connectivity index is 1.90. The lowest BCUT2D eigenvalue weighted by Crippen LogP contribution is -2.26. The molecule has 3 rings (SSSR count). The summed E-state index contributed by atoms with van der Waals surface area (Å²) in [6, 6.07) is 9.81. The van der Waals surface area contributed by atoms with Crippen LogP contribution in [0.1, 0.15) is 25.3 Å². The number of rotatable bonds is 8. The van der Waals surface area contributed by atoms with E-state index in [9.17, 15) is 16.8 Å². The van der Waals surface area contributed by atoms with Crippen molar-refractivity contribution < 1.29 is 25.8 Å². The summed E-state index contributed by atoms with van der Waals surface area (Å²) in [7, 11) is -6.63. The van der Waals surface area contributed by atoms with Gasteiger partial charge >= 0.3 is 10.1 Å². The average molecular weight is 424 g/mol. The van der Waals surface area contributed by atoms with E-state index in [2.05, 4.69) is 4.72 Å². The Morgan fingerprint density at radius 3 is 2.36 bits per heavy atom.